The average Bonchev–Trinajstić information content (AvgIpc) is 2.97. The standard InChI is InChI=1S/C13H20N2S/c1-10-12(16-9-15-10)7-14-8-13(5-2-6-13)11-3-4-11/h9,11,14H,2-8H2,1H3. The number of nitrogens with zero attached hydrogens (tertiary/aromatic N) is 1. The first kappa shape index (κ1) is 10.7. The van der Waals surface area contributed by atoms with Gasteiger partial charge < -0.3 is 5.32 Å². The summed E-state index contributed by atoms with van der Waals surface area (Å²) < 4.78 is 0. The minimum Gasteiger partial charge on any atom is -0.311 e. The van der Waals surface area contributed by atoms with Crippen molar-refractivity contribution in [3.05, 3.63) is 16.1 Å². The van der Waals surface area contributed by atoms with Gasteiger partial charge in [0.05, 0.1) is 11.2 Å². The maximum Gasteiger partial charge on any atom is 0.0798 e. The lowest BCUT2D eigenvalue weighted by Crippen LogP contribution is -2.41. The van der Waals surface area contributed by atoms with E-state index < -0.39 is 0 Å². The van der Waals surface area contributed by atoms with Gasteiger partial charge in [-0.15, -0.1) is 11.3 Å². The minimum absolute atomic E-state index is 0.693. The fourth-order valence-electron chi connectivity index (χ4n) is 2.98. The number of aromatic nitrogens is 1. The minimum atomic E-state index is 0.693. The molecule has 16 heavy (non-hydrogen) atoms. The van der Waals surface area contributed by atoms with Crippen molar-refractivity contribution in [3.63, 3.8) is 0 Å². The zero-order valence-electron chi connectivity index (χ0n) is 9.96. The summed E-state index contributed by atoms with van der Waals surface area (Å²) in [5.41, 5.74) is 3.84. The van der Waals surface area contributed by atoms with Gasteiger partial charge in [0.2, 0.25) is 0 Å². The van der Waals surface area contributed by atoms with Gasteiger partial charge in [-0.3, -0.25) is 0 Å². The second-order valence-corrected chi connectivity index (χ2v) is 6.39. The normalized spacial score (nSPS) is 23.1. The quantitative estimate of drug-likeness (QED) is 0.849. The van der Waals surface area contributed by atoms with Crippen LogP contribution in [0.5, 0.6) is 0 Å². The van der Waals surface area contributed by atoms with Crippen LogP contribution in [0.25, 0.3) is 0 Å². The van der Waals surface area contributed by atoms with Gasteiger partial charge in [-0.05, 0) is 43.9 Å². The second-order valence-electron chi connectivity index (χ2n) is 5.45. The lowest BCUT2D eigenvalue weighted by atomic mass is 9.65. The molecule has 3 rings (SSSR count). The van der Waals surface area contributed by atoms with Crippen molar-refractivity contribution in [2.45, 2.75) is 45.6 Å². The molecule has 0 amide bonds. The van der Waals surface area contributed by atoms with Crippen LogP contribution in [0.15, 0.2) is 5.51 Å². The van der Waals surface area contributed by atoms with Gasteiger partial charge >= 0.3 is 0 Å². The van der Waals surface area contributed by atoms with Crippen LogP contribution >= 0.6 is 11.3 Å². The smallest absolute Gasteiger partial charge is 0.0798 e. The van der Waals surface area contributed by atoms with Crippen LogP contribution in [0.2, 0.25) is 0 Å². The molecule has 0 aromatic carbocycles. The first-order chi connectivity index (χ1) is 7.80. The third kappa shape index (κ3) is 1.91. The topological polar surface area (TPSA) is 24.9 Å². The molecule has 0 radical (unpaired) electrons. The summed E-state index contributed by atoms with van der Waals surface area (Å²) >= 11 is 1.78. The lowest BCUT2D eigenvalue weighted by molar-refractivity contribution is 0.0987. The lowest BCUT2D eigenvalue weighted by Gasteiger charge is -2.43. The zero-order chi connectivity index (χ0) is 11.0. The number of thiazole rings is 1. The van der Waals surface area contributed by atoms with Crippen LogP contribution in [-0.2, 0) is 6.54 Å². The molecule has 2 aliphatic carbocycles. The van der Waals surface area contributed by atoms with Crippen LogP contribution in [-0.4, -0.2) is 11.5 Å². The fraction of sp³-hybridized carbons (Fsp3) is 0.769. The summed E-state index contributed by atoms with van der Waals surface area (Å²) in [5, 5.41) is 3.66. The molecule has 0 spiro atoms. The maximum atomic E-state index is 4.29. The van der Waals surface area contributed by atoms with Crippen LogP contribution in [0.1, 0.15) is 42.7 Å². The summed E-state index contributed by atoms with van der Waals surface area (Å²) in [6.45, 7) is 4.35. The average molecular weight is 236 g/mol. The molecule has 3 heteroatoms. The molecule has 2 nitrogen and oxygen atoms in total. The predicted molar refractivity (Wildman–Crippen MR) is 67.6 cm³/mol. The van der Waals surface area contributed by atoms with Crippen molar-refractivity contribution in [3.8, 4) is 0 Å². The molecule has 88 valence electrons. The van der Waals surface area contributed by atoms with Gasteiger partial charge in [-0.25, -0.2) is 4.98 Å². The second kappa shape index (κ2) is 4.11. The Morgan fingerprint density at radius 3 is 2.81 bits per heavy atom. The summed E-state index contributed by atoms with van der Waals surface area (Å²) in [4.78, 5) is 5.70. The Morgan fingerprint density at radius 2 is 2.31 bits per heavy atom. The van der Waals surface area contributed by atoms with E-state index in [9.17, 15) is 0 Å². The highest BCUT2D eigenvalue weighted by molar-refractivity contribution is 7.09. The molecular formula is C13H20N2S. The van der Waals surface area contributed by atoms with E-state index in [1.165, 1.54) is 49.2 Å². The molecule has 0 atom stereocenters. The van der Waals surface area contributed by atoms with Gasteiger partial charge in [0.15, 0.2) is 0 Å². The number of hydrogen-bond donors (Lipinski definition) is 1. The van der Waals surface area contributed by atoms with E-state index in [1.807, 2.05) is 5.51 Å². The van der Waals surface area contributed by atoms with E-state index in [0.29, 0.717) is 5.41 Å². The van der Waals surface area contributed by atoms with Crippen LogP contribution in [0.3, 0.4) is 0 Å². The first-order valence-electron chi connectivity index (χ1n) is 6.40. The third-order valence-corrected chi connectivity index (χ3v) is 5.34. The van der Waals surface area contributed by atoms with Crippen LogP contribution in [0.4, 0.5) is 0 Å². The number of aryl methyl sites for hydroxylation is 1. The molecule has 0 bridgehead atoms. The Kier molecular flexibility index (Phi) is 2.76. The SMILES string of the molecule is Cc1ncsc1CNCC1(C2CC2)CCC1. The van der Waals surface area contributed by atoms with E-state index in [4.69, 9.17) is 0 Å². The van der Waals surface area contributed by atoms with Crippen molar-refractivity contribution in [1.29, 1.82) is 0 Å². The molecule has 0 saturated heterocycles. The highest BCUT2D eigenvalue weighted by Crippen LogP contribution is 2.56. The van der Waals surface area contributed by atoms with E-state index in [2.05, 4.69) is 17.2 Å². The van der Waals surface area contributed by atoms with Crippen molar-refractivity contribution in [1.82, 2.24) is 10.3 Å². The Bertz CT molecular complexity index is 364. The first-order valence-corrected chi connectivity index (χ1v) is 7.28. The number of hydrogen-bond acceptors (Lipinski definition) is 3. The summed E-state index contributed by atoms with van der Waals surface area (Å²) in [6, 6.07) is 0. The third-order valence-electron chi connectivity index (χ3n) is 4.40. The van der Waals surface area contributed by atoms with Crippen LogP contribution in [0, 0.1) is 18.3 Å². The van der Waals surface area contributed by atoms with Gasteiger partial charge in [0.25, 0.3) is 0 Å². The van der Waals surface area contributed by atoms with Crippen molar-refractivity contribution in [2.24, 2.45) is 11.3 Å². The zero-order valence-corrected chi connectivity index (χ0v) is 10.8. The fourth-order valence-corrected chi connectivity index (χ4v) is 3.72. The largest absolute Gasteiger partial charge is 0.311 e. The van der Waals surface area contributed by atoms with Gasteiger partial charge in [-0.1, -0.05) is 6.42 Å². The van der Waals surface area contributed by atoms with Crippen molar-refractivity contribution >= 4 is 11.3 Å². The van der Waals surface area contributed by atoms with Gasteiger partial charge in [-0.2, -0.15) is 0 Å². The van der Waals surface area contributed by atoms with Crippen LogP contribution < -0.4 is 5.32 Å². The monoisotopic (exact) mass is 236 g/mol. The Labute approximate surface area is 101 Å². The number of nitrogens with one attached hydrogen (secondary N) is 1. The summed E-state index contributed by atoms with van der Waals surface area (Å²) in [5.74, 6) is 1.05. The van der Waals surface area contributed by atoms with Crippen molar-refractivity contribution < 1.29 is 0 Å². The Morgan fingerprint density at radius 1 is 1.50 bits per heavy atom. The molecule has 2 saturated carbocycles. The van der Waals surface area contributed by atoms with Gasteiger partial charge in [0.1, 0.15) is 0 Å². The molecule has 2 fully saturated rings. The Hall–Kier alpha value is -0.410. The van der Waals surface area contributed by atoms with Gasteiger partial charge in [0, 0.05) is 18.0 Å². The predicted octanol–water partition coefficient (Wildman–Crippen LogP) is 3.12. The molecule has 1 aromatic heterocycles. The van der Waals surface area contributed by atoms with E-state index in [-0.39, 0.29) is 0 Å². The molecular weight excluding hydrogens is 216 g/mol. The summed E-state index contributed by atoms with van der Waals surface area (Å²) in [7, 11) is 0. The molecule has 0 unspecified atom stereocenters. The van der Waals surface area contributed by atoms with E-state index in [1.54, 1.807) is 11.3 Å². The van der Waals surface area contributed by atoms with E-state index in [0.717, 1.165) is 12.5 Å². The van der Waals surface area contributed by atoms with E-state index >= 15 is 0 Å². The maximum absolute atomic E-state index is 4.29. The number of rotatable bonds is 5. The molecule has 1 aromatic rings. The Balaban J connectivity index is 1.51. The molecule has 0 aliphatic heterocycles. The molecule has 1 N–H and O–H groups in total. The highest BCUT2D eigenvalue weighted by atomic mass is 32.1. The highest BCUT2D eigenvalue weighted by Gasteiger charge is 2.48. The van der Waals surface area contributed by atoms with Crippen molar-refractivity contribution in [2.75, 3.05) is 6.54 Å². The molecule has 2 aliphatic rings. The summed E-state index contributed by atoms with van der Waals surface area (Å²) in [6.07, 6.45) is 7.36. The molecule has 1 heterocycles.